The molecule has 3 rings (SSSR count). The Morgan fingerprint density at radius 1 is 1.07 bits per heavy atom. The number of benzene rings is 2. The third-order valence-corrected chi connectivity index (χ3v) is 6.33. The minimum absolute atomic E-state index is 0.0260. The zero-order chi connectivity index (χ0) is 20.4. The number of sulfonamides is 1. The fraction of sp³-hybridized carbons (Fsp3) is 0.316. The molecule has 0 spiro atoms. The highest BCUT2D eigenvalue weighted by molar-refractivity contribution is 7.89. The largest absolute Gasteiger partial charge is 0.379 e. The molecule has 0 aromatic heterocycles. The van der Waals surface area contributed by atoms with Crippen LogP contribution in [0.4, 0.5) is 14.5 Å². The van der Waals surface area contributed by atoms with Gasteiger partial charge in [0.1, 0.15) is 4.90 Å². The van der Waals surface area contributed by atoms with Gasteiger partial charge in [-0.25, -0.2) is 17.2 Å². The van der Waals surface area contributed by atoms with Crippen molar-refractivity contribution in [3.05, 3.63) is 59.7 Å². The van der Waals surface area contributed by atoms with Gasteiger partial charge in [0.2, 0.25) is 10.0 Å². The Labute approximate surface area is 162 Å². The summed E-state index contributed by atoms with van der Waals surface area (Å²) >= 11 is 0. The average molecular weight is 410 g/mol. The predicted molar refractivity (Wildman–Crippen MR) is 100.0 cm³/mol. The number of para-hydroxylation sites is 1. The maximum absolute atomic E-state index is 13.3. The number of ether oxygens (including phenoxy) is 1. The van der Waals surface area contributed by atoms with Crippen molar-refractivity contribution in [1.29, 1.82) is 0 Å². The Bertz CT molecular complexity index is 951. The molecule has 0 unspecified atom stereocenters. The van der Waals surface area contributed by atoms with Crippen molar-refractivity contribution in [2.75, 3.05) is 31.6 Å². The molecule has 28 heavy (non-hydrogen) atoms. The van der Waals surface area contributed by atoms with Crippen LogP contribution in [0.15, 0.2) is 53.4 Å². The van der Waals surface area contributed by atoms with Crippen molar-refractivity contribution in [3.8, 4) is 0 Å². The first kappa shape index (κ1) is 20.4. The van der Waals surface area contributed by atoms with Crippen molar-refractivity contribution in [2.24, 2.45) is 0 Å². The topological polar surface area (TPSA) is 75.7 Å². The van der Waals surface area contributed by atoms with Gasteiger partial charge in [-0.15, -0.1) is 0 Å². The molecular formula is C19H20F2N2O4S. The lowest BCUT2D eigenvalue weighted by Crippen LogP contribution is -2.40. The molecule has 2 aromatic rings. The molecule has 1 heterocycles. The second kappa shape index (κ2) is 7.94. The third-order valence-electron chi connectivity index (χ3n) is 4.38. The van der Waals surface area contributed by atoms with E-state index in [9.17, 15) is 22.0 Å². The van der Waals surface area contributed by atoms with E-state index in [-0.39, 0.29) is 34.8 Å². The number of nitrogens with zero attached hydrogens (tertiary/aromatic N) is 1. The van der Waals surface area contributed by atoms with Gasteiger partial charge in [-0.1, -0.05) is 24.3 Å². The van der Waals surface area contributed by atoms with Crippen LogP contribution >= 0.6 is 0 Å². The van der Waals surface area contributed by atoms with Crippen molar-refractivity contribution in [3.63, 3.8) is 0 Å². The van der Waals surface area contributed by atoms with Crippen molar-refractivity contribution < 1.29 is 26.7 Å². The Morgan fingerprint density at radius 2 is 1.68 bits per heavy atom. The van der Waals surface area contributed by atoms with Gasteiger partial charge in [0.25, 0.3) is 11.8 Å². The van der Waals surface area contributed by atoms with Crippen LogP contribution < -0.4 is 5.32 Å². The molecule has 2 aromatic carbocycles. The van der Waals surface area contributed by atoms with E-state index in [2.05, 4.69) is 5.32 Å². The zero-order valence-corrected chi connectivity index (χ0v) is 16.0. The Kier molecular flexibility index (Phi) is 5.78. The van der Waals surface area contributed by atoms with Crippen LogP contribution in [-0.4, -0.2) is 44.9 Å². The number of rotatable bonds is 5. The molecular weight excluding hydrogens is 390 g/mol. The molecule has 1 amide bonds. The van der Waals surface area contributed by atoms with E-state index in [1.165, 1.54) is 40.7 Å². The monoisotopic (exact) mass is 410 g/mol. The van der Waals surface area contributed by atoms with Crippen LogP contribution in [0.25, 0.3) is 0 Å². The van der Waals surface area contributed by atoms with Crippen LogP contribution in [-0.2, 0) is 20.7 Å². The van der Waals surface area contributed by atoms with E-state index in [4.69, 9.17) is 4.74 Å². The number of hydrogen-bond acceptors (Lipinski definition) is 4. The van der Waals surface area contributed by atoms with Gasteiger partial charge < -0.3 is 10.1 Å². The van der Waals surface area contributed by atoms with Crippen LogP contribution in [0, 0.1) is 0 Å². The number of morpholine rings is 1. The minimum Gasteiger partial charge on any atom is -0.379 e. The summed E-state index contributed by atoms with van der Waals surface area (Å²) in [7, 11) is -3.81. The van der Waals surface area contributed by atoms with E-state index < -0.39 is 21.9 Å². The predicted octanol–water partition coefficient (Wildman–Crippen LogP) is 3.07. The quantitative estimate of drug-likeness (QED) is 0.822. The highest BCUT2D eigenvalue weighted by atomic mass is 32.2. The van der Waals surface area contributed by atoms with E-state index in [0.717, 1.165) is 6.92 Å². The van der Waals surface area contributed by atoms with Crippen molar-refractivity contribution in [2.45, 2.75) is 17.7 Å². The zero-order valence-electron chi connectivity index (χ0n) is 15.2. The van der Waals surface area contributed by atoms with E-state index >= 15 is 0 Å². The average Bonchev–Trinajstić information content (AvgIpc) is 2.68. The Balaban J connectivity index is 1.84. The fourth-order valence-electron chi connectivity index (χ4n) is 2.83. The van der Waals surface area contributed by atoms with Crippen LogP contribution in [0.2, 0.25) is 0 Å². The van der Waals surface area contributed by atoms with Crippen LogP contribution in [0.5, 0.6) is 0 Å². The summed E-state index contributed by atoms with van der Waals surface area (Å²) in [5.41, 5.74) is 0.0646. The number of nitrogens with one attached hydrogen (secondary N) is 1. The number of carbonyl (C=O) groups excluding carboxylic acids is 1. The van der Waals surface area contributed by atoms with Crippen LogP contribution in [0.1, 0.15) is 22.8 Å². The third kappa shape index (κ3) is 4.37. The Morgan fingerprint density at radius 3 is 2.29 bits per heavy atom. The lowest BCUT2D eigenvalue weighted by atomic mass is 10.1. The second-order valence-corrected chi connectivity index (χ2v) is 8.34. The first-order valence-corrected chi connectivity index (χ1v) is 10.1. The van der Waals surface area contributed by atoms with Gasteiger partial charge in [-0.2, -0.15) is 4.31 Å². The molecule has 1 saturated heterocycles. The van der Waals surface area contributed by atoms with Gasteiger partial charge >= 0.3 is 0 Å². The lowest BCUT2D eigenvalue weighted by Gasteiger charge is -2.27. The fourth-order valence-corrected chi connectivity index (χ4v) is 4.39. The summed E-state index contributed by atoms with van der Waals surface area (Å²) in [6.07, 6.45) is 0. The SMILES string of the molecule is CC(F)(F)c1ccc(C(=O)Nc2ccccc2S(=O)(=O)N2CCOCC2)cc1. The normalized spacial score (nSPS) is 16.0. The molecule has 0 radical (unpaired) electrons. The summed E-state index contributed by atoms with van der Waals surface area (Å²) in [6.45, 7) is 1.85. The van der Waals surface area contributed by atoms with E-state index in [1.54, 1.807) is 12.1 Å². The minimum atomic E-state index is -3.81. The standard InChI is InChI=1S/C19H20F2N2O4S/c1-19(20,21)15-8-6-14(7-9-15)18(24)22-16-4-2-3-5-17(16)28(25,26)23-10-12-27-13-11-23/h2-9H,10-13H2,1H3,(H,22,24). The summed E-state index contributed by atoms with van der Waals surface area (Å²) in [4.78, 5) is 12.5. The highest BCUT2D eigenvalue weighted by Crippen LogP contribution is 2.28. The van der Waals surface area contributed by atoms with E-state index in [0.29, 0.717) is 13.2 Å². The maximum Gasteiger partial charge on any atom is 0.270 e. The van der Waals surface area contributed by atoms with Gasteiger partial charge in [0.05, 0.1) is 18.9 Å². The number of hydrogen-bond donors (Lipinski definition) is 1. The second-order valence-electron chi connectivity index (χ2n) is 6.43. The summed E-state index contributed by atoms with van der Waals surface area (Å²) < 4.78 is 59.0. The van der Waals surface area contributed by atoms with Crippen LogP contribution in [0.3, 0.4) is 0 Å². The Hall–Kier alpha value is -2.36. The number of carbonyl (C=O) groups is 1. The summed E-state index contributed by atoms with van der Waals surface area (Å²) in [5.74, 6) is -3.59. The molecule has 1 N–H and O–H groups in total. The molecule has 0 aliphatic carbocycles. The number of anilines is 1. The van der Waals surface area contributed by atoms with Crippen molar-refractivity contribution >= 4 is 21.6 Å². The number of alkyl halides is 2. The molecule has 0 atom stereocenters. The number of halogens is 2. The molecule has 0 bridgehead atoms. The summed E-state index contributed by atoms with van der Waals surface area (Å²) in [6, 6.07) is 11.0. The maximum atomic E-state index is 13.3. The molecule has 150 valence electrons. The van der Waals surface area contributed by atoms with Gasteiger partial charge in [-0.05, 0) is 24.3 Å². The van der Waals surface area contributed by atoms with Gasteiger partial charge in [-0.3, -0.25) is 4.79 Å². The first-order valence-electron chi connectivity index (χ1n) is 8.66. The van der Waals surface area contributed by atoms with Gasteiger partial charge in [0, 0.05) is 31.1 Å². The molecule has 1 aliphatic rings. The molecule has 9 heteroatoms. The molecule has 1 aliphatic heterocycles. The first-order chi connectivity index (χ1) is 13.2. The molecule has 0 saturated carbocycles. The molecule has 1 fully saturated rings. The van der Waals surface area contributed by atoms with Crippen molar-refractivity contribution in [1.82, 2.24) is 4.31 Å². The van der Waals surface area contributed by atoms with E-state index in [1.807, 2.05) is 0 Å². The highest BCUT2D eigenvalue weighted by Gasteiger charge is 2.29. The molecule has 6 nitrogen and oxygen atoms in total. The van der Waals surface area contributed by atoms with Gasteiger partial charge in [0.15, 0.2) is 0 Å². The smallest absolute Gasteiger partial charge is 0.270 e. The summed E-state index contributed by atoms with van der Waals surface area (Å²) in [5, 5.41) is 2.57. The lowest BCUT2D eigenvalue weighted by molar-refractivity contribution is 0.0174. The number of amides is 1.